The SMILES string of the molecule is CCn1c2c(c(=O)n1-c1ccccc1)CCN(C(=O)c1ccnn1C)C2. The number of carbonyl (C=O) groups is 1. The Bertz CT molecular complexity index is 1010. The van der Waals surface area contributed by atoms with E-state index in [-0.39, 0.29) is 11.5 Å². The average Bonchev–Trinajstić information content (AvgIpc) is 3.22. The van der Waals surface area contributed by atoms with Crippen LogP contribution in [0.2, 0.25) is 0 Å². The second-order valence-corrected chi connectivity index (χ2v) is 6.41. The van der Waals surface area contributed by atoms with Gasteiger partial charge in [-0.2, -0.15) is 5.10 Å². The number of hydrogen-bond donors (Lipinski definition) is 0. The Morgan fingerprint density at radius 3 is 2.62 bits per heavy atom. The summed E-state index contributed by atoms with van der Waals surface area (Å²) in [6.07, 6.45) is 2.19. The maximum atomic E-state index is 13.0. The predicted octanol–water partition coefficient (Wildman–Crippen LogP) is 1.59. The molecule has 0 atom stereocenters. The summed E-state index contributed by atoms with van der Waals surface area (Å²) >= 11 is 0. The van der Waals surface area contributed by atoms with Gasteiger partial charge in [-0.15, -0.1) is 0 Å². The van der Waals surface area contributed by atoms with Gasteiger partial charge >= 0.3 is 0 Å². The van der Waals surface area contributed by atoms with Gasteiger partial charge in [0.1, 0.15) is 5.69 Å². The zero-order valence-corrected chi connectivity index (χ0v) is 14.9. The molecule has 134 valence electrons. The molecule has 0 fully saturated rings. The molecule has 7 heteroatoms. The van der Waals surface area contributed by atoms with Crippen molar-refractivity contribution in [1.82, 2.24) is 24.0 Å². The molecular weight excluding hydrogens is 330 g/mol. The number of aromatic nitrogens is 4. The molecule has 0 bridgehead atoms. The summed E-state index contributed by atoms with van der Waals surface area (Å²) < 4.78 is 5.29. The zero-order valence-electron chi connectivity index (χ0n) is 14.9. The largest absolute Gasteiger partial charge is 0.331 e. The van der Waals surface area contributed by atoms with Crippen LogP contribution in [0.15, 0.2) is 47.4 Å². The second-order valence-electron chi connectivity index (χ2n) is 6.41. The third-order valence-corrected chi connectivity index (χ3v) is 4.95. The van der Waals surface area contributed by atoms with Gasteiger partial charge in [0.25, 0.3) is 11.5 Å². The predicted molar refractivity (Wildman–Crippen MR) is 97.4 cm³/mol. The molecule has 0 saturated carbocycles. The molecule has 1 aromatic carbocycles. The fourth-order valence-electron chi connectivity index (χ4n) is 3.65. The molecule has 7 nitrogen and oxygen atoms in total. The van der Waals surface area contributed by atoms with E-state index in [0.29, 0.717) is 31.7 Å². The van der Waals surface area contributed by atoms with Crippen molar-refractivity contribution in [3.05, 3.63) is 69.9 Å². The first-order valence-electron chi connectivity index (χ1n) is 8.78. The fraction of sp³-hybridized carbons (Fsp3) is 0.316. The molecule has 0 aliphatic carbocycles. The van der Waals surface area contributed by atoms with Gasteiger partial charge in [0.05, 0.1) is 17.9 Å². The molecule has 0 unspecified atom stereocenters. The van der Waals surface area contributed by atoms with E-state index in [1.807, 2.05) is 41.9 Å². The molecule has 0 N–H and O–H groups in total. The smallest absolute Gasteiger partial charge is 0.274 e. The third-order valence-electron chi connectivity index (χ3n) is 4.95. The summed E-state index contributed by atoms with van der Waals surface area (Å²) in [5, 5.41) is 4.08. The van der Waals surface area contributed by atoms with Crippen molar-refractivity contribution in [2.45, 2.75) is 26.4 Å². The molecule has 1 amide bonds. The Labute approximate surface area is 151 Å². The highest BCUT2D eigenvalue weighted by Gasteiger charge is 2.29. The van der Waals surface area contributed by atoms with Crippen LogP contribution in [0.3, 0.4) is 0 Å². The van der Waals surface area contributed by atoms with Crippen molar-refractivity contribution in [3.63, 3.8) is 0 Å². The summed E-state index contributed by atoms with van der Waals surface area (Å²) in [7, 11) is 1.76. The number of rotatable bonds is 3. The number of aryl methyl sites for hydroxylation is 1. The number of hydrogen-bond acceptors (Lipinski definition) is 3. The Morgan fingerprint density at radius 2 is 1.96 bits per heavy atom. The normalized spacial score (nSPS) is 13.7. The van der Waals surface area contributed by atoms with Crippen LogP contribution in [0.25, 0.3) is 5.69 Å². The van der Waals surface area contributed by atoms with Gasteiger partial charge in [-0.25, -0.2) is 4.68 Å². The van der Waals surface area contributed by atoms with Crippen molar-refractivity contribution >= 4 is 5.91 Å². The topological polar surface area (TPSA) is 65.1 Å². The van der Waals surface area contributed by atoms with Gasteiger partial charge in [-0.3, -0.25) is 19.0 Å². The van der Waals surface area contributed by atoms with Crippen LogP contribution in [0.5, 0.6) is 0 Å². The van der Waals surface area contributed by atoms with Gasteiger partial charge in [0.15, 0.2) is 0 Å². The van der Waals surface area contributed by atoms with Crippen LogP contribution >= 0.6 is 0 Å². The lowest BCUT2D eigenvalue weighted by molar-refractivity contribution is 0.0718. The van der Waals surface area contributed by atoms with Crippen molar-refractivity contribution in [2.75, 3.05) is 6.54 Å². The first-order chi connectivity index (χ1) is 12.6. The van der Waals surface area contributed by atoms with Crippen LogP contribution in [0.4, 0.5) is 0 Å². The zero-order chi connectivity index (χ0) is 18.3. The second kappa shape index (κ2) is 6.33. The number of benzene rings is 1. The Morgan fingerprint density at radius 1 is 1.19 bits per heavy atom. The minimum atomic E-state index is -0.0572. The molecule has 0 saturated heterocycles. The van der Waals surface area contributed by atoms with Crippen LogP contribution in [-0.4, -0.2) is 36.5 Å². The van der Waals surface area contributed by atoms with E-state index in [2.05, 4.69) is 5.10 Å². The Balaban J connectivity index is 1.75. The van der Waals surface area contributed by atoms with Crippen molar-refractivity contribution in [3.8, 4) is 5.69 Å². The lowest BCUT2D eigenvalue weighted by Gasteiger charge is -2.27. The fourth-order valence-corrected chi connectivity index (χ4v) is 3.65. The summed E-state index contributed by atoms with van der Waals surface area (Å²) in [6.45, 7) is 3.64. The van der Waals surface area contributed by atoms with Crippen LogP contribution in [0.1, 0.15) is 28.7 Å². The monoisotopic (exact) mass is 351 g/mol. The molecule has 3 aromatic rings. The molecule has 1 aliphatic heterocycles. The molecule has 4 rings (SSSR count). The van der Waals surface area contributed by atoms with Gasteiger partial charge in [0, 0.05) is 31.9 Å². The average molecular weight is 351 g/mol. The van der Waals surface area contributed by atoms with Crippen molar-refractivity contribution in [1.29, 1.82) is 0 Å². The van der Waals surface area contributed by atoms with Gasteiger partial charge < -0.3 is 4.90 Å². The molecule has 0 radical (unpaired) electrons. The standard InChI is InChI=1S/C19H21N5O2/c1-3-23-17-13-22(19(26)16-9-11-20-21(16)2)12-10-15(17)18(25)24(23)14-7-5-4-6-8-14/h4-9,11H,3,10,12-13H2,1-2H3. The van der Waals surface area contributed by atoms with E-state index in [4.69, 9.17) is 0 Å². The maximum Gasteiger partial charge on any atom is 0.274 e. The van der Waals surface area contributed by atoms with Crippen molar-refractivity contribution < 1.29 is 4.79 Å². The third kappa shape index (κ3) is 2.47. The lowest BCUT2D eigenvalue weighted by atomic mass is 10.1. The first-order valence-corrected chi connectivity index (χ1v) is 8.78. The Hall–Kier alpha value is -3.09. The minimum absolute atomic E-state index is 0.0145. The van der Waals surface area contributed by atoms with Crippen LogP contribution in [-0.2, 0) is 26.6 Å². The van der Waals surface area contributed by atoms with E-state index in [1.165, 1.54) is 0 Å². The summed E-state index contributed by atoms with van der Waals surface area (Å²) in [5.41, 5.74) is 3.15. The number of para-hydroxylation sites is 1. The number of carbonyl (C=O) groups excluding carboxylic acids is 1. The van der Waals surface area contributed by atoms with E-state index >= 15 is 0 Å². The highest BCUT2D eigenvalue weighted by molar-refractivity contribution is 5.92. The van der Waals surface area contributed by atoms with E-state index in [0.717, 1.165) is 16.9 Å². The molecule has 1 aliphatic rings. The molecule has 0 spiro atoms. The quantitative estimate of drug-likeness (QED) is 0.720. The van der Waals surface area contributed by atoms with Crippen LogP contribution < -0.4 is 5.56 Å². The van der Waals surface area contributed by atoms with Gasteiger partial charge in [-0.05, 0) is 31.5 Å². The lowest BCUT2D eigenvalue weighted by Crippen LogP contribution is -2.38. The Kier molecular flexibility index (Phi) is 3.99. The summed E-state index contributed by atoms with van der Waals surface area (Å²) in [4.78, 5) is 27.6. The van der Waals surface area contributed by atoms with Crippen LogP contribution in [0, 0.1) is 0 Å². The van der Waals surface area contributed by atoms with Gasteiger partial charge in [0.2, 0.25) is 0 Å². The number of amides is 1. The first kappa shape index (κ1) is 16.4. The molecule has 3 heterocycles. The van der Waals surface area contributed by atoms with E-state index in [9.17, 15) is 9.59 Å². The minimum Gasteiger partial charge on any atom is -0.331 e. The summed E-state index contributed by atoms with van der Waals surface area (Å²) in [5.74, 6) is -0.0572. The van der Waals surface area contributed by atoms with E-state index in [1.54, 1.807) is 33.6 Å². The maximum absolute atomic E-state index is 13.0. The van der Waals surface area contributed by atoms with E-state index < -0.39 is 0 Å². The highest BCUT2D eigenvalue weighted by Crippen LogP contribution is 2.21. The molecule has 26 heavy (non-hydrogen) atoms. The van der Waals surface area contributed by atoms with Gasteiger partial charge in [-0.1, -0.05) is 18.2 Å². The molecule has 2 aromatic heterocycles. The number of fused-ring (bicyclic) bond motifs is 1. The highest BCUT2D eigenvalue weighted by atomic mass is 16.2. The number of nitrogens with zero attached hydrogens (tertiary/aromatic N) is 5. The summed E-state index contributed by atoms with van der Waals surface area (Å²) in [6, 6.07) is 11.4. The van der Waals surface area contributed by atoms with Crippen molar-refractivity contribution in [2.24, 2.45) is 7.05 Å². The molecular formula is C19H21N5O2.